The van der Waals surface area contributed by atoms with Gasteiger partial charge in [0.25, 0.3) is 0 Å². The average Bonchev–Trinajstić information content (AvgIpc) is 2.56. The van der Waals surface area contributed by atoms with Crippen molar-refractivity contribution in [3.05, 3.63) is 103 Å². The topological polar surface area (TPSA) is 17.1 Å². The van der Waals surface area contributed by atoms with Gasteiger partial charge in [0.1, 0.15) is 0 Å². The Labute approximate surface area is 134 Å². The van der Waals surface area contributed by atoms with Gasteiger partial charge in [0.05, 0.1) is 0 Å². The first-order valence-electron chi connectivity index (χ1n) is 6.72. The van der Waals surface area contributed by atoms with E-state index in [9.17, 15) is 4.79 Å². The minimum absolute atomic E-state index is 0.0921. The van der Waals surface area contributed by atoms with Crippen LogP contribution in [-0.2, 0) is 0 Å². The second-order valence-electron chi connectivity index (χ2n) is 4.60. The molecule has 0 unspecified atom stereocenters. The Kier molecular flexibility index (Phi) is 4.46. The summed E-state index contributed by atoms with van der Waals surface area (Å²) in [5.41, 5.74) is 1.52. The normalized spacial score (nSPS) is 10.3. The zero-order chi connectivity index (χ0) is 14.5. The lowest BCUT2D eigenvalue weighted by Crippen LogP contribution is -3.61. The fourth-order valence-corrected chi connectivity index (χ4v) is 4.42. The Morgan fingerprint density at radius 1 is 0.619 bits per heavy atom. The number of carbonyl (C=O) groups is 1. The van der Waals surface area contributed by atoms with Gasteiger partial charge in [-0.25, -0.2) is 0 Å². The highest BCUT2D eigenvalue weighted by Gasteiger charge is 2.17. The first kappa shape index (κ1) is 14.0. The third-order valence-corrected chi connectivity index (χ3v) is 5.71. The van der Waals surface area contributed by atoms with Crippen molar-refractivity contribution in [1.82, 2.24) is 0 Å². The van der Waals surface area contributed by atoms with Gasteiger partial charge in [-0.1, -0.05) is 60.7 Å². The van der Waals surface area contributed by atoms with Gasteiger partial charge in [0.2, 0.25) is 0 Å². The lowest BCUT2D eigenvalue weighted by Gasteiger charge is -2.00. The summed E-state index contributed by atoms with van der Waals surface area (Å²) >= 11 is -0.236. The summed E-state index contributed by atoms with van der Waals surface area (Å²) in [6.45, 7) is 0. The molecule has 0 aromatic heterocycles. The molecule has 0 saturated heterocycles. The SMILES string of the molecule is O=C(c1ccccc1)c1cccc([I+]c2ccccc2)c1. The van der Waals surface area contributed by atoms with E-state index in [4.69, 9.17) is 0 Å². The maximum Gasteiger partial charge on any atom is 0.357 e. The summed E-state index contributed by atoms with van der Waals surface area (Å²) in [7, 11) is 0. The van der Waals surface area contributed by atoms with Gasteiger partial charge >= 0.3 is 21.2 Å². The van der Waals surface area contributed by atoms with Crippen LogP contribution in [0.25, 0.3) is 0 Å². The molecule has 0 heterocycles. The van der Waals surface area contributed by atoms with Crippen LogP contribution >= 0.6 is 0 Å². The van der Waals surface area contributed by atoms with Gasteiger partial charge in [0.15, 0.2) is 12.9 Å². The van der Waals surface area contributed by atoms with E-state index in [-0.39, 0.29) is 27.0 Å². The molecule has 0 N–H and O–H groups in total. The molecule has 0 bridgehead atoms. The highest BCUT2D eigenvalue weighted by atomic mass is 127. The van der Waals surface area contributed by atoms with Crippen LogP contribution in [0.4, 0.5) is 0 Å². The molecule has 0 aliphatic rings. The second kappa shape index (κ2) is 6.68. The number of rotatable bonds is 4. The summed E-state index contributed by atoms with van der Waals surface area (Å²) in [4.78, 5) is 12.5. The Morgan fingerprint density at radius 2 is 1.19 bits per heavy atom. The monoisotopic (exact) mass is 385 g/mol. The van der Waals surface area contributed by atoms with E-state index >= 15 is 0 Å². The quantitative estimate of drug-likeness (QED) is 0.485. The minimum Gasteiger partial charge on any atom is -0.289 e. The van der Waals surface area contributed by atoms with Crippen LogP contribution in [0.15, 0.2) is 84.9 Å². The predicted octanol–water partition coefficient (Wildman–Crippen LogP) is 1.05. The van der Waals surface area contributed by atoms with Crippen molar-refractivity contribution in [1.29, 1.82) is 0 Å². The molecule has 3 aromatic rings. The van der Waals surface area contributed by atoms with Crippen molar-refractivity contribution in [2.45, 2.75) is 0 Å². The number of hydrogen-bond acceptors (Lipinski definition) is 1. The zero-order valence-electron chi connectivity index (χ0n) is 11.4. The van der Waals surface area contributed by atoms with E-state index in [1.54, 1.807) is 0 Å². The van der Waals surface area contributed by atoms with Gasteiger partial charge in [-0.15, -0.1) is 0 Å². The third kappa shape index (κ3) is 3.58. The molecule has 3 aromatic carbocycles. The molecule has 0 amide bonds. The number of ketones is 1. The molecule has 0 saturated carbocycles. The highest BCUT2D eigenvalue weighted by Crippen LogP contribution is 2.08. The van der Waals surface area contributed by atoms with Crippen LogP contribution in [0.2, 0.25) is 0 Å². The van der Waals surface area contributed by atoms with Crippen LogP contribution in [-0.4, -0.2) is 5.78 Å². The van der Waals surface area contributed by atoms with Crippen molar-refractivity contribution in [2.24, 2.45) is 0 Å². The van der Waals surface area contributed by atoms with Gasteiger partial charge in [0, 0.05) is 17.2 Å². The Hall–Kier alpha value is -1.94. The lowest BCUT2D eigenvalue weighted by atomic mass is 10.0. The molecule has 0 fully saturated rings. The molecular formula is C19H14IO+. The number of halogens is 1. The largest absolute Gasteiger partial charge is 0.357 e. The average molecular weight is 385 g/mol. The van der Waals surface area contributed by atoms with Crippen molar-refractivity contribution in [2.75, 3.05) is 0 Å². The van der Waals surface area contributed by atoms with Crippen molar-refractivity contribution in [3.63, 3.8) is 0 Å². The Balaban J connectivity index is 1.85. The number of benzene rings is 3. The number of carbonyl (C=O) groups excluding carboxylic acids is 1. The Bertz CT molecular complexity index is 736. The van der Waals surface area contributed by atoms with Gasteiger partial charge < -0.3 is 0 Å². The molecule has 21 heavy (non-hydrogen) atoms. The lowest BCUT2D eigenvalue weighted by molar-refractivity contribution is -0.597. The maximum absolute atomic E-state index is 12.5. The van der Waals surface area contributed by atoms with Crippen LogP contribution < -0.4 is 21.2 Å². The molecular weight excluding hydrogens is 371 g/mol. The van der Waals surface area contributed by atoms with Gasteiger partial charge in [-0.2, -0.15) is 0 Å². The molecule has 0 aliphatic heterocycles. The molecule has 0 spiro atoms. The summed E-state index contributed by atoms with van der Waals surface area (Å²) in [5.74, 6) is 0.0921. The van der Waals surface area contributed by atoms with Crippen molar-refractivity contribution < 1.29 is 26.0 Å². The smallest absolute Gasteiger partial charge is 0.289 e. The van der Waals surface area contributed by atoms with E-state index < -0.39 is 0 Å². The van der Waals surface area contributed by atoms with Crippen LogP contribution in [0.3, 0.4) is 0 Å². The third-order valence-electron chi connectivity index (χ3n) is 3.07. The number of hydrogen-bond donors (Lipinski definition) is 0. The van der Waals surface area contributed by atoms with Crippen LogP contribution in [0.1, 0.15) is 15.9 Å². The summed E-state index contributed by atoms with van der Waals surface area (Å²) in [5, 5.41) is 0. The van der Waals surface area contributed by atoms with Gasteiger partial charge in [-0.05, 0) is 18.2 Å². The van der Waals surface area contributed by atoms with Crippen LogP contribution in [0, 0.1) is 7.14 Å². The molecule has 0 radical (unpaired) electrons. The van der Waals surface area contributed by atoms with Crippen molar-refractivity contribution >= 4 is 5.78 Å². The van der Waals surface area contributed by atoms with E-state index in [0.29, 0.717) is 0 Å². The fraction of sp³-hybridized carbons (Fsp3) is 0. The highest BCUT2D eigenvalue weighted by molar-refractivity contribution is 6.08. The first-order valence-corrected chi connectivity index (χ1v) is 8.88. The second-order valence-corrected chi connectivity index (χ2v) is 7.63. The molecule has 2 heteroatoms. The summed E-state index contributed by atoms with van der Waals surface area (Å²) in [6, 6.07) is 27.9. The zero-order valence-corrected chi connectivity index (χ0v) is 13.5. The Morgan fingerprint density at radius 3 is 1.90 bits per heavy atom. The standard InChI is InChI=1S/C19H14IO/c21-19(15-8-3-1-4-9-15)16-10-7-13-18(14-16)20-17-11-5-2-6-12-17/h1-14H/q+1. The van der Waals surface area contributed by atoms with Crippen molar-refractivity contribution in [3.8, 4) is 0 Å². The predicted molar refractivity (Wildman–Crippen MR) is 80.2 cm³/mol. The van der Waals surface area contributed by atoms with E-state index in [0.717, 1.165) is 11.1 Å². The van der Waals surface area contributed by atoms with Gasteiger partial charge in [-0.3, -0.25) is 4.79 Å². The molecule has 1 nitrogen and oxygen atoms in total. The molecule has 102 valence electrons. The fourth-order valence-electron chi connectivity index (χ4n) is 2.05. The van der Waals surface area contributed by atoms with E-state index in [1.165, 1.54) is 7.14 Å². The summed E-state index contributed by atoms with van der Waals surface area (Å²) in [6.07, 6.45) is 0. The minimum atomic E-state index is -0.236. The van der Waals surface area contributed by atoms with Crippen LogP contribution in [0.5, 0.6) is 0 Å². The molecule has 0 atom stereocenters. The summed E-state index contributed by atoms with van der Waals surface area (Å²) < 4.78 is 2.63. The first-order chi connectivity index (χ1) is 10.3. The maximum atomic E-state index is 12.5. The molecule has 3 rings (SSSR count). The van der Waals surface area contributed by atoms with E-state index in [2.05, 4.69) is 30.3 Å². The van der Waals surface area contributed by atoms with E-state index in [1.807, 2.05) is 54.6 Å². The molecule has 0 aliphatic carbocycles.